The topological polar surface area (TPSA) is 39.1 Å². The summed E-state index contributed by atoms with van der Waals surface area (Å²) < 4.78 is 7.68. The predicted octanol–water partition coefficient (Wildman–Crippen LogP) is 2.26. The van der Waals surface area contributed by atoms with Gasteiger partial charge in [-0.15, -0.1) is 0 Å². The van der Waals surface area contributed by atoms with E-state index in [2.05, 4.69) is 24.3 Å². The second-order valence-corrected chi connectivity index (χ2v) is 4.91. The standard InChI is InChI=1S/C13H25N3O/c1-10(2)7-6-8-17-13-12(9-14-4)11(3)15-16(13)5/h10,14H,6-9H2,1-5H3. The van der Waals surface area contributed by atoms with Gasteiger partial charge in [-0.05, 0) is 32.7 Å². The first-order valence-electron chi connectivity index (χ1n) is 6.36. The van der Waals surface area contributed by atoms with Crippen molar-refractivity contribution in [3.63, 3.8) is 0 Å². The van der Waals surface area contributed by atoms with Crippen molar-refractivity contribution in [2.45, 2.75) is 40.2 Å². The number of hydrogen-bond acceptors (Lipinski definition) is 3. The Morgan fingerprint density at radius 3 is 2.71 bits per heavy atom. The third kappa shape index (κ3) is 4.04. The van der Waals surface area contributed by atoms with E-state index in [1.807, 2.05) is 25.7 Å². The number of hydrogen-bond donors (Lipinski definition) is 1. The summed E-state index contributed by atoms with van der Waals surface area (Å²) in [5.74, 6) is 1.64. The van der Waals surface area contributed by atoms with Crippen LogP contribution in [-0.4, -0.2) is 23.4 Å². The highest BCUT2D eigenvalue weighted by molar-refractivity contribution is 5.30. The first-order valence-corrected chi connectivity index (χ1v) is 6.36. The first-order chi connectivity index (χ1) is 8.06. The van der Waals surface area contributed by atoms with E-state index < -0.39 is 0 Å². The maximum atomic E-state index is 5.85. The van der Waals surface area contributed by atoms with Gasteiger partial charge in [0.05, 0.1) is 17.9 Å². The fourth-order valence-electron chi connectivity index (χ4n) is 1.90. The van der Waals surface area contributed by atoms with Crippen molar-refractivity contribution >= 4 is 0 Å². The van der Waals surface area contributed by atoms with E-state index in [1.165, 1.54) is 12.0 Å². The lowest BCUT2D eigenvalue weighted by atomic mass is 10.1. The minimum atomic E-state index is 0.739. The van der Waals surface area contributed by atoms with E-state index in [-0.39, 0.29) is 0 Å². The SMILES string of the molecule is CNCc1c(C)nn(C)c1OCCCC(C)C. The zero-order valence-electron chi connectivity index (χ0n) is 11.7. The summed E-state index contributed by atoms with van der Waals surface area (Å²) >= 11 is 0. The molecule has 1 N–H and O–H groups in total. The van der Waals surface area contributed by atoms with Gasteiger partial charge in [0.1, 0.15) is 0 Å². The van der Waals surface area contributed by atoms with Crippen LogP contribution in [0.4, 0.5) is 0 Å². The Morgan fingerprint density at radius 1 is 1.41 bits per heavy atom. The van der Waals surface area contributed by atoms with E-state index >= 15 is 0 Å². The molecule has 4 heteroatoms. The smallest absolute Gasteiger partial charge is 0.216 e. The molecule has 1 aromatic heterocycles. The van der Waals surface area contributed by atoms with Gasteiger partial charge < -0.3 is 10.1 Å². The highest BCUT2D eigenvalue weighted by Gasteiger charge is 2.13. The van der Waals surface area contributed by atoms with Gasteiger partial charge in [-0.25, -0.2) is 4.68 Å². The van der Waals surface area contributed by atoms with Gasteiger partial charge in [-0.2, -0.15) is 5.10 Å². The average Bonchev–Trinajstić information content (AvgIpc) is 2.50. The summed E-state index contributed by atoms with van der Waals surface area (Å²) in [5, 5.41) is 7.55. The Hall–Kier alpha value is -1.03. The fraction of sp³-hybridized carbons (Fsp3) is 0.769. The summed E-state index contributed by atoms with van der Waals surface area (Å²) in [6, 6.07) is 0. The van der Waals surface area contributed by atoms with Crippen molar-refractivity contribution in [2.24, 2.45) is 13.0 Å². The molecule has 0 fully saturated rings. The molecular formula is C13H25N3O. The molecule has 0 aromatic carbocycles. The van der Waals surface area contributed by atoms with Crippen molar-refractivity contribution in [3.8, 4) is 5.88 Å². The van der Waals surface area contributed by atoms with Crippen LogP contribution in [0.2, 0.25) is 0 Å². The maximum Gasteiger partial charge on any atom is 0.216 e. The van der Waals surface area contributed by atoms with Crippen molar-refractivity contribution in [1.82, 2.24) is 15.1 Å². The normalized spacial score (nSPS) is 11.2. The third-order valence-electron chi connectivity index (χ3n) is 2.81. The number of aromatic nitrogens is 2. The van der Waals surface area contributed by atoms with Crippen LogP contribution in [0.5, 0.6) is 5.88 Å². The lowest BCUT2D eigenvalue weighted by molar-refractivity contribution is 0.271. The molecule has 0 saturated heterocycles. The van der Waals surface area contributed by atoms with Crippen LogP contribution >= 0.6 is 0 Å². The Bertz CT molecular complexity index is 345. The van der Waals surface area contributed by atoms with Gasteiger partial charge >= 0.3 is 0 Å². The lowest BCUT2D eigenvalue weighted by Gasteiger charge is -2.10. The highest BCUT2D eigenvalue weighted by atomic mass is 16.5. The zero-order valence-corrected chi connectivity index (χ0v) is 11.7. The van der Waals surface area contributed by atoms with Crippen molar-refractivity contribution in [1.29, 1.82) is 0 Å². The second-order valence-electron chi connectivity index (χ2n) is 4.91. The summed E-state index contributed by atoms with van der Waals surface area (Å²) in [7, 11) is 3.87. The van der Waals surface area contributed by atoms with Crippen molar-refractivity contribution in [3.05, 3.63) is 11.3 Å². The molecule has 0 spiro atoms. The summed E-state index contributed by atoms with van der Waals surface area (Å²) in [6.07, 6.45) is 2.30. The minimum absolute atomic E-state index is 0.739. The summed E-state index contributed by atoms with van der Waals surface area (Å²) in [5.41, 5.74) is 2.21. The molecule has 4 nitrogen and oxygen atoms in total. The van der Waals surface area contributed by atoms with Crippen LogP contribution in [0.3, 0.4) is 0 Å². The van der Waals surface area contributed by atoms with Crippen LogP contribution in [0.25, 0.3) is 0 Å². The van der Waals surface area contributed by atoms with Crippen molar-refractivity contribution < 1.29 is 4.74 Å². The van der Waals surface area contributed by atoms with Gasteiger partial charge in [0.25, 0.3) is 0 Å². The van der Waals surface area contributed by atoms with Crippen molar-refractivity contribution in [2.75, 3.05) is 13.7 Å². The molecule has 1 aromatic rings. The molecule has 1 rings (SSSR count). The zero-order chi connectivity index (χ0) is 12.8. The summed E-state index contributed by atoms with van der Waals surface area (Å²) in [4.78, 5) is 0. The van der Waals surface area contributed by atoms with Gasteiger partial charge in [0.15, 0.2) is 0 Å². The number of nitrogens with zero attached hydrogens (tertiary/aromatic N) is 2. The second kappa shape index (κ2) is 6.64. The molecule has 1 heterocycles. The Labute approximate surface area is 104 Å². The Balaban J connectivity index is 2.57. The molecule has 0 atom stereocenters. The Morgan fingerprint density at radius 2 is 2.12 bits per heavy atom. The quantitative estimate of drug-likeness (QED) is 0.742. The first kappa shape index (κ1) is 14.0. The van der Waals surface area contributed by atoms with Crippen LogP contribution in [0.1, 0.15) is 37.9 Å². The highest BCUT2D eigenvalue weighted by Crippen LogP contribution is 2.21. The number of rotatable bonds is 7. The molecule has 0 aliphatic carbocycles. The minimum Gasteiger partial charge on any atom is -0.478 e. The largest absolute Gasteiger partial charge is 0.478 e. The number of nitrogens with one attached hydrogen (secondary N) is 1. The van der Waals surface area contributed by atoms with E-state index in [9.17, 15) is 0 Å². The summed E-state index contributed by atoms with van der Waals surface area (Å²) in [6.45, 7) is 8.07. The van der Waals surface area contributed by atoms with E-state index in [4.69, 9.17) is 4.74 Å². The average molecular weight is 239 g/mol. The van der Waals surface area contributed by atoms with Gasteiger partial charge in [0.2, 0.25) is 5.88 Å². The van der Waals surface area contributed by atoms with E-state index in [1.54, 1.807) is 0 Å². The Kier molecular flexibility index (Phi) is 5.48. The number of ether oxygens (including phenoxy) is 1. The van der Waals surface area contributed by atoms with Crippen LogP contribution in [-0.2, 0) is 13.6 Å². The molecular weight excluding hydrogens is 214 g/mol. The predicted molar refractivity (Wildman–Crippen MR) is 70.3 cm³/mol. The molecule has 17 heavy (non-hydrogen) atoms. The molecule has 0 bridgehead atoms. The van der Waals surface area contributed by atoms with Gasteiger partial charge in [0, 0.05) is 13.6 Å². The van der Waals surface area contributed by atoms with Gasteiger partial charge in [-0.1, -0.05) is 13.8 Å². The van der Waals surface area contributed by atoms with Crippen LogP contribution < -0.4 is 10.1 Å². The fourth-order valence-corrected chi connectivity index (χ4v) is 1.90. The molecule has 0 saturated carbocycles. The van der Waals surface area contributed by atoms with E-state index in [0.717, 1.165) is 37.1 Å². The molecule has 98 valence electrons. The molecule has 0 radical (unpaired) electrons. The van der Waals surface area contributed by atoms with E-state index in [0.29, 0.717) is 0 Å². The monoisotopic (exact) mass is 239 g/mol. The van der Waals surface area contributed by atoms with Gasteiger partial charge in [-0.3, -0.25) is 0 Å². The maximum absolute atomic E-state index is 5.85. The lowest BCUT2D eigenvalue weighted by Crippen LogP contribution is -2.09. The van der Waals surface area contributed by atoms with Crippen LogP contribution in [0, 0.1) is 12.8 Å². The third-order valence-corrected chi connectivity index (χ3v) is 2.81. The molecule has 0 aliphatic heterocycles. The molecule has 0 unspecified atom stereocenters. The molecule has 0 aliphatic rings. The number of aryl methyl sites for hydroxylation is 2. The van der Waals surface area contributed by atoms with Crippen LogP contribution in [0.15, 0.2) is 0 Å². The molecule has 0 amide bonds.